The average Bonchev–Trinajstić information content (AvgIpc) is 2.09. The van der Waals surface area contributed by atoms with Crippen molar-refractivity contribution in [1.82, 2.24) is 9.71 Å². The highest BCUT2D eigenvalue weighted by Gasteiger charge is 2.05. The molecule has 11 nitrogen and oxygen atoms in total. The molecule has 0 fully saturated rings. The highest BCUT2D eigenvalue weighted by Crippen LogP contribution is 2.14. The van der Waals surface area contributed by atoms with E-state index in [0.717, 1.165) is 0 Å². The molecule has 1 aromatic heterocycles. The van der Waals surface area contributed by atoms with Gasteiger partial charge >= 0.3 is 10.4 Å². The third-order valence-corrected chi connectivity index (χ3v) is 1.21. The molecular weight excluding hydrogens is 244 g/mol. The zero-order valence-electron chi connectivity index (χ0n) is 7.69. The number of nitrogens with zero attached hydrogens (tertiary/aromatic N) is 2. The number of hydrogen-bond acceptors (Lipinski definition) is 8. The summed E-state index contributed by atoms with van der Waals surface area (Å²) in [7, 11) is -4.67. The number of nitrogens with one attached hydrogen (secondary N) is 1. The molecule has 0 saturated carbocycles. The van der Waals surface area contributed by atoms with Gasteiger partial charge in [0.2, 0.25) is 0 Å². The summed E-state index contributed by atoms with van der Waals surface area (Å²) in [6, 6.07) is 0. The number of nitrogens with two attached hydrogens (primary N) is 3. The maximum Gasteiger partial charge on any atom is 0.394 e. The van der Waals surface area contributed by atoms with Crippen molar-refractivity contribution in [3.05, 3.63) is 5.62 Å². The van der Waals surface area contributed by atoms with E-state index in [1.54, 1.807) is 0 Å². The first-order chi connectivity index (χ1) is 7.04. The minimum absolute atomic E-state index is 0.0245. The van der Waals surface area contributed by atoms with Gasteiger partial charge in [-0.1, -0.05) is 0 Å². The zero-order chi connectivity index (χ0) is 13.1. The van der Waals surface area contributed by atoms with Crippen LogP contribution in [0, 0.1) is 5.41 Å². The Bertz CT molecular complexity index is 527. The fourth-order valence-corrected chi connectivity index (χ4v) is 0.581. The fraction of sp³-hybridized carbons (Fsp3) is 0. The van der Waals surface area contributed by atoms with Gasteiger partial charge in [0.25, 0.3) is 5.62 Å². The topological polar surface area (TPSA) is 215 Å². The Morgan fingerprint density at radius 1 is 1.25 bits per heavy atom. The molecule has 0 bridgehead atoms. The lowest BCUT2D eigenvalue weighted by atomic mass is 10.4. The van der Waals surface area contributed by atoms with Gasteiger partial charge in [-0.15, -0.1) is 4.73 Å². The lowest BCUT2D eigenvalue weighted by molar-refractivity contribution is 0.172. The van der Waals surface area contributed by atoms with E-state index in [-0.39, 0.29) is 17.3 Å². The minimum atomic E-state index is -4.67. The van der Waals surface area contributed by atoms with Crippen LogP contribution < -0.4 is 22.8 Å². The summed E-state index contributed by atoms with van der Waals surface area (Å²) in [5.74, 6) is -0.236. The molecule has 1 rings (SSSR count). The van der Waals surface area contributed by atoms with Gasteiger partial charge in [0.1, 0.15) is 5.69 Å². The minimum Gasteiger partial charge on any atom is -0.423 e. The molecule has 1 heterocycles. The van der Waals surface area contributed by atoms with Crippen molar-refractivity contribution < 1.29 is 22.7 Å². The van der Waals surface area contributed by atoms with Crippen molar-refractivity contribution in [2.75, 3.05) is 17.2 Å². The standard InChI is InChI=1S/C4H8N6O.H2O4S/c5-1-2(6)9-4(8)10(11)3(1)7;1-5(2,3)4/h11H,5,7H2,(H3,6,8,9);(H2,1,2,3,4). The number of nitrogen functional groups attached to an aromatic ring is 3. The van der Waals surface area contributed by atoms with E-state index in [4.69, 9.17) is 45.3 Å². The molecule has 0 aliphatic heterocycles. The Kier molecular flexibility index (Phi) is 4.05. The van der Waals surface area contributed by atoms with Gasteiger partial charge in [-0.3, -0.25) is 14.5 Å². The van der Waals surface area contributed by atoms with E-state index in [1.165, 1.54) is 0 Å². The zero-order valence-corrected chi connectivity index (χ0v) is 8.51. The van der Waals surface area contributed by atoms with Crippen molar-refractivity contribution in [2.24, 2.45) is 0 Å². The van der Waals surface area contributed by atoms with Crippen LogP contribution in [-0.2, 0) is 10.4 Å². The highest BCUT2D eigenvalue weighted by atomic mass is 32.3. The molecule has 16 heavy (non-hydrogen) atoms. The van der Waals surface area contributed by atoms with Crippen LogP contribution >= 0.6 is 0 Å². The van der Waals surface area contributed by atoms with Gasteiger partial charge in [0, 0.05) is 0 Å². The molecule has 0 radical (unpaired) electrons. The summed E-state index contributed by atoms with van der Waals surface area (Å²) in [4.78, 5) is 3.39. The Balaban J connectivity index is 0.000000385. The number of aromatic nitrogens is 2. The molecule has 0 unspecified atom stereocenters. The second kappa shape index (κ2) is 4.65. The van der Waals surface area contributed by atoms with Crippen molar-refractivity contribution in [3.63, 3.8) is 0 Å². The summed E-state index contributed by atoms with van der Waals surface area (Å²) in [5.41, 5.74) is 15.3. The van der Waals surface area contributed by atoms with E-state index >= 15 is 0 Å². The molecular formula is C4H10N6O5S. The van der Waals surface area contributed by atoms with Crippen LogP contribution in [0.25, 0.3) is 0 Å². The van der Waals surface area contributed by atoms with Gasteiger partial charge in [0.15, 0.2) is 11.6 Å². The SMILES string of the molecule is N=c1nc(N)c(N)c(N)n1O.O=S(=O)(O)O. The molecule has 0 aliphatic rings. The summed E-state index contributed by atoms with van der Waals surface area (Å²) in [6.07, 6.45) is 0. The van der Waals surface area contributed by atoms with Crippen LogP contribution in [0.5, 0.6) is 0 Å². The summed E-state index contributed by atoms with van der Waals surface area (Å²) in [5, 5.41) is 15.9. The van der Waals surface area contributed by atoms with Crippen LogP contribution in [0.4, 0.5) is 17.3 Å². The Morgan fingerprint density at radius 2 is 1.62 bits per heavy atom. The quantitative estimate of drug-likeness (QED) is 0.195. The largest absolute Gasteiger partial charge is 0.423 e. The summed E-state index contributed by atoms with van der Waals surface area (Å²) >= 11 is 0. The second-order valence-electron chi connectivity index (χ2n) is 2.38. The van der Waals surface area contributed by atoms with Crippen LogP contribution in [0.3, 0.4) is 0 Å². The predicted octanol–water partition coefficient (Wildman–Crippen LogP) is -2.31. The maximum absolute atomic E-state index is 8.92. The van der Waals surface area contributed by atoms with Gasteiger partial charge < -0.3 is 22.4 Å². The normalized spacial score (nSPS) is 10.4. The van der Waals surface area contributed by atoms with Gasteiger partial charge in [-0.2, -0.15) is 13.4 Å². The first-order valence-electron chi connectivity index (χ1n) is 3.41. The lowest BCUT2D eigenvalue weighted by Crippen LogP contribution is -2.26. The molecule has 92 valence electrons. The van der Waals surface area contributed by atoms with Crippen molar-refractivity contribution in [1.29, 1.82) is 5.41 Å². The second-order valence-corrected chi connectivity index (χ2v) is 3.27. The number of hydrogen-bond donors (Lipinski definition) is 7. The smallest absolute Gasteiger partial charge is 0.394 e. The Morgan fingerprint density at radius 3 is 2.00 bits per heavy atom. The average molecular weight is 254 g/mol. The van der Waals surface area contributed by atoms with Crippen LogP contribution in [0.1, 0.15) is 0 Å². The molecule has 1 aromatic rings. The van der Waals surface area contributed by atoms with Gasteiger partial charge in [-0.25, -0.2) is 0 Å². The van der Waals surface area contributed by atoms with E-state index in [0.29, 0.717) is 4.73 Å². The predicted molar refractivity (Wildman–Crippen MR) is 52.7 cm³/mol. The van der Waals surface area contributed by atoms with E-state index < -0.39 is 16.0 Å². The summed E-state index contributed by atoms with van der Waals surface area (Å²) in [6.45, 7) is 0. The molecule has 0 atom stereocenters. The Labute approximate surface area is 89.2 Å². The van der Waals surface area contributed by atoms with Crippen molar-refractivity contribution in [2.45, 2.75) is 0 Å². The molecule has 12 heteroatoms. The molecule has 0 saturated heterocycles. The molecule has 0 spiro atoms. The molecule has 0 aromatic carbocycles. The van der Waals surface area contributed by atoms with Crippen molar-refractivity contribution >= 4 is 27.7 Å². The Hall–Kier alpha value is -2.05. The van der Waals surface area contributed by atoms with Crippen LogP contribution in [-0.4, -0.2) is 32.4 Å². The van der Waals surface area contributed by atoms with E-state index in [2.05, 4.69) is 4.98 Å². The van der Waals surface area contributed by atoms with Gasteiger partial charge in [-0.05, 0) is 0 Å². The lowest BCUT2D eigenvalue weighted by Gasteiger charge is -2.05. The fourth-order valence-electron chi connectivity index (χ4n) is 0.581. The number of rotatable bonds is 0. The maximum atomic E-state index is 8.92. The summed E-state index contributed by atoms with van der Waals surface area (Å²) < 4.78 is 31.9. The third-order valence-electron chi connectivity index (χ3n) is 1.21. The molecule has 0 amide bonds. The third kappa shape index (κ3) is 4.45. The highest BCUT2D eigenvalue weighted by molar-refractivity contribution is 7.79. The van der Waals surface area contributed by atoms with Crippen molar-refractivity contribution in [3.8, 4) is 0 Å². The molecule has 10 N–H and O–H groups in total. The van der Waals surface area contributed by atoms with Crippen LogP contribution in [0.15, 0.2) is 0 Å². The number of anilines is 3. The van der Waals surface area contributed by atoms with E-state index in [1.807, 2.05) is 0 Å². The van der Waals surface area contributed by atoms with Gasteiger partial charge in [0.05, 0.1) is 0 Å². The first-order valence-corrected chi connectivity index (χ1v) is 4.81. The van der Waals surface area contributed by atoms with E-state index in [9.17, 15) is 0 Å². The first kappa shape index (κ1) is 13.9. The monoisotopic (exact) mass is 254 g/mol. The van der Waals surface area contributed by atoms with Crippen LogP contribution in [0.2, 0.25) is 0 Å². The molecule has 0 aliphatic carbocycles.